The summed E-state index contributed by atoms with van der Waals surface area (Å²) < 4.78 is 15.8. The summed E-state index contributed by atoms with van der Waals surface area (Å²) in [4.78, 5) is 18.8. The van der Waals surface area contributed by atoms with E-state index >= 15 is 0 Å². The largest absolute Gasteiger partial charge is 0.465 e. The lowest BCUT2D eigenvalue weighted by Gasteiger charge is -2.24. The average molecular weight is 327 g/mol. The molecule has 7 heteroatoms. The molecule has 4 rings (SSSR count). The Labute approximate surface area is 138 Å². The van der Waals surface area contributed by atoms with E-state index in [1.165, 1.54) is 25.2 Å². The van der Waals surface area contributed by atoms with E-state index in [9.17, 15) is 4.79 Å². The van der Waals surface area contributed by atoms with Crippen molar-refractivity contribution in [3.63, 3.8) is 0 Å². The Kier molecular flexibility index (Phi) is 3.82. The number of amides is 1. The molecule has 7 nitrogen and oxygen atoms in total. The van der Waals surface area contributed by atoms with Gasteiger partial charge in [-0.15, -0.1) is 0 Å². The number of carbonyl (C=O) groups is 1. The van der Waals surface area contributed by atoms with Crippen LogP contribution in [0.25, 0.3) is 11.1 Å². The van der Waals surface area contributed by atoms with Gasteiger partial charge < -0.3 is 24.1 Å². The molecule has 1 N–H and O–H groups in total. The van der Waals surface area contributed by atoms with Crippen molar-refractivity contribution in [3.05, 3.63) is 42.7 Å². The van der Waals surface area contributed by atoms with E-state index < -0.39 is 5.91 Å². The minimum absolute atomic E-state index is 0.0896. The van der Waals surface area contributed by atoms with E-state index in [0.29, 0.717) is 22.8 Å². The second kappa shape index (κ2) is 6.27. The Hall–Kier alpha value is -2.96. The molecular formula is C17H17N3O4. The summed E-state index contributed by atoms with van der Waals surface area (Å²) in [5.41, 5.74) is 2.03. The van der Waals surface area contributed by atoms with Crippen molar-refractivity contribution in [2.24, 2.45) is 0 Å². The molecular weight excluding hydrogens is 310 g/mol. The topological polar surface area (TPSA) is 76.8 Å². The number of nitrogens with one attached hydrogen (secondary N) is 1. The maximum Gasteiger partial charge on any atom is 0.298 e. The van der Waals surface area contributed by atoms with Crippen LogP contribution in [0.5, 0.6) is 0 Å². The second-order valence-corrected chi connectivity index (χ2v) is 5.69. The molecule has 1 saturated heterocycles. The summed E-state index contributed by atoms with van der Waals surface area (Å²) >= 11 is 0. The minimum atomic E-state index is -0.390. The molecule has 3 heterocycles. The zero-order valence-corrected chi connectivity index (χ0v) is 13.0. The maximum atomic E-state index is 12.1. The highest BCUT2D eigenvalue weighted by Gasteiger charge is 2.18. The summed E-state index contributed by atoms with van der Waals surface area (Å²) in [6, 6.07) is 6.00. The minimum Gasteiger partial charge on any atom is -0.465 e. The van der Waals surface area contributed by atoms with Gasteiger partial charge in [0.15, 0.2) is 5.58 Å². The van der Waals surface area contributed by atoms with Crippen LogP contribution >= 0.6 is 0 Å². The van der Waals surface area contributed by atoms with Crippen molar-refractivity contribution < 1.29 is 18.7 Å². The molecule has 2 aliphatic rings. The number of benzene rings is 1. The molecule has 24 heavy (non-hydrogen) atoms. The molecule has 0 saturated carbocycles. The molecule has 0 atom stereocenters. The molecule has 1 aromatic carbocycles. The van der Waals surface area contributed by atoms with E-state index in [1.807, 2.05) is 0 Å². The van der Waals surface area contributed by atoms with Gasteiger partial charge in [-0.05, 0) is 37.5 Å². The highest BCUT2D eigenvalue weighted by molar-refractivity contribution is 6.03. The lowest BCUT2D eigenvalue weighted by atomic mass is 10.1. The normalized spacial score (nSPS) is 17.2. The van der Waals surface area contributed by atoms with Crippen molar-refractivity contribution in [3.8, 4) is 0 Å². The predicted octanol–water partition coefficient (Wildman–Crippen LogP) is 3.12. The number of rotatable bonds is 3. The Morgan fingerprint density at radius 2 is 2.04 bits per heavy atom. The van der Waals surface area contributed by atoms with Gasteiger partial charge in [-0.2, -0.15) is 4.98 Å². The molecule has 1 aromatic heterocycles. The number of hydrogen-bond acceptors (Lipinski definition) is 6. The van der Waals surface area contributed by atoms with Crippen LogP contribution < -0.4 is 10.2 Å². The van der Waals surface area contributed by atoms with E-state index in [-0.39, 0.29) is 5.76 Å². The quantitative estimate of drug-likeness (QED) is 0.933. The van der Waals surface area contributed by atoms with Gasteiger partial charge in [0.05, 0.1) is 0 Å². The maximum absolute atomic E-state index is 12.1. The zero-order chi connectivity index (χ0) is 16.4. The molecule has 2 aliphatic heterocycles. The van der Waals surface area contributed by atoms with E-state index in [1.54, 1.807) is 18.2 Å². The summed E-state index contributed by atoms with van der Waals surface area (Å²) in [6.07, 6.45) is 7.47. The smallest absolute Gasteiger partial charge is 0.298 e. The fourth-order valence-electron chi connectivity index (χ4n) is 2.78. The lowest BCUT2D eigenvalue weighted by molar-refractivity contribution is -0.115. The van der Waals surface area contributed by atoms with Crippen molar-refractivity contribution in [1.82, 2.24) is 4.98 Å². The Bertz CT molecular complexity index is 818. The summed E-state index contributed by atoms with van der Waals surface area (Å²) in [7, 11) is 0. The number of nitrogens with zero attached hydrogens (tertiary/aromatic N) is 2. The fourth-order valence-corrected chi connectivity index (χ4v) is 2.78. The van der Waals surface area contributed by atoms with Crippen molar-refractivity contribution in [2.45, 2.75) is 19.3 Å². The lowest BCUT2D eigenvalue weighted by Crippen LogP contribution is -2.29. The molecule has 0 aliphatic carbocycles. The van der Waals surface area contributed by atoms with Crippen LogP contribution in [0, 0.1) is 0 Å². The first-order valence-electron chi connectivity index (χ1n) is 7.94. The van der Waals surface area contributed by atoms with Gasteiger partial charge in [-0.25, -0.2) is 0 Å². The van der Waals surface area contributed by atoms with Crippen LogP contribution in [0.2, 0.25) is 0 Å². The van der Waals surface area contributed by atoms with E-state index in [4.69, 9.17) is 13.9 Å². The number of oxazole rings is 1. The fraction of sp³-hybridized carbons (Fsp3) is 0.294. The Morgan fingerprint density at radius 1 is 1.17 bits per heavy atom. The van der Waals surface area contributed by atoms with Gasteiger partial charge in [0, 0.05) is 18.8 Å². The van der Waals surface area contributed by atoms with Gasteiger partial charge in [0.1, 0.15) is 24.3 Å². The van der Waals surface area contributed by atoms with Crippen molar-refractivity contribution in [1.29, 1.82) is 0 Å². The number of anilines is 2. The van der Waals surface area contributed by atoms with Gasteiger partial charge in [-0.3, -0.25) is 4.79 Å². The van der Waals surface area contributed by atoms with Crippen LogP contribution in [0.15, 0.2) is 47.2 Å². The van der Waals surface area contributed by atoms with Crippen LogP contribution in [-0.4, -0.2) is 24.0 Å². The predicted molar refractivity (Wildman–Crippen MR) is 88.1 cm³/mol. The van der Waals surface area contributed by atoms with Gasteiger partial charge in [-0.1, -0.05) is 0 Å². The summed E-state index contributed by atoms with van der Waals surface area (Å²) in [5, 5.41) is 2.75. The molecule has 0 radical (unpaired) electrons. The van der Waals surface area contributed by atoms with E-state index in [2.05, 4.69) is 15.2 Å². The summed E-state index contributed by atoms with van der Waals surface area (Å²) in [5.74, 6) is -0.301. The summed E-state index contributed by atoms with van der Waals surface area (Å²) in [6.45, 7) is 1.94. The standard InChI is InChI=1S/C17H17N3O4/c21-16(15-11-22-8-9-23-15)18-12-4-5-14-13(10-12)19-17(24-14)20-6-2-1-3-7-20/h4-5,8-11H,1-3,6-7H2,(H,18,21). The Balaban J connectivity index is 1.52. The van der Waals surface area contributed by atoms with Crippen LogP contribution in [0.3, 0.4) is 0 Å². The van der Waals surface area contributed by atoms with Crippen LogP contribution in [-0.2, 0) is 14.3 Å². The highest BCUT2D eigenvalue weighted by Crippen LogP contribution is 2.26. The third-order valence-corrected chi connectivity index (χ3v) is 3.99. The van der Waals surface area contributed by atoms with E-state index in [0.717, 1.165) is 25.9 Å². The Morgan fingerprint density at radius 3 is 2.83 bits per heavy atom. The molecule has 2 aromatic rings. The monoisotopic (exact) mass is 327 g/mol. The van der Waals surface area contributed by atoms with Crippen LogP contribution in [0.1, 0.15) is 19.3 Å². The molecule has 0 unspecified atom stereocenters. The molecule has 1 fully saturated rings. The molecule has 124 valence electrons. The third kappa shape index (κ3) is 2.92. The third-order valence-electron chi connectivity index (χ3n) is 3.99. The van der Waals surface area contributed by atoms with Gasteiger partial charge in [0.2, 0.25) is 5.76 Å². The number of piperidine rings is 1. The first kappa shape index (κ1) is 14.6. The molecule has 1 amide bonds. The first-order valence-corrected chi connectivity index (χ1v) is 7.94. The first-order chi connectivity index (χ1) is 11.8. The second-order valence-electron chi connectivity index (χ2n) is 5.69. The zero-order valence-electron chi connectivity index (χ0n) is 13.0. The number of hydrogen-bond donors (Lipinski definition) is 1. The number of carbonyl (C=O) groups excluding carboxylic acids is 1. The average Bonchev–Trinajstić information content (AvgIpc) is 3.06. The molecule has 0 bridgehead atoms. The van der Waals surface area contributed by atoms with Gasteiger partial charge in [0.25, 0.3) is 11.9 Å². The molecule has 0 spiro atoms. The van der Waals surface area contributed by atoms with Gasteiger partial charge >= 0.3 is 0 Å². The van der Waals surface area contributed by atoms with Crippen LogP contribution in [0.4, 0.5) is 11.7 Å². The SMILES string of the molecule is O=C(Nc1ccc2oc(N3CCCCC3)nc2c1)C1=COC=CO1. The number of fused-ring (bicyclic) bond motifs is 1. The van der Waals surface area contributed by atoms with Crippen molar-refractivity contribution in [2.75, 3.05) is 23.3 Å². The number of ether oxygens (including phenoxy) is 2. The van der Waals surface area contributed by atoms with Crippen molar-refractivity contribution >= 4 is 28.7 Å². The highest BCUT2D eigenvalue weighted by atomic mass is 16.5. The number of aromatic nitrogens is 1.